The molecular formula is C10H18N4O2. The molecular weight excluding hydrogens is 208 g/mol. The maximum absolute atomic E-state index is 11.1. The first kappa shape index (κ1) is 12.7. The highest BCUT2D eigenvalue weighted by Crippen LogP contribution is 2.01. The average Bonchev–Trinajstić information content (AvgIpc) is 2.28. The van der Waals surface area contributed by atoms with Crippen molar-refractivity contribution in [2.24, 2.45) is 0 Å². The highest BCUT2D eigenvalue weighted by atomic mass is 16.5. The predicted molar refractivity (Wildman–Crippen MR) is 62.9 cm³/mol. The summed E-state index contributed by atoms with van der Waals surface area (Å²) in [5.74, 6) is 0.678. The summed E-state index contributed by atoms with van der Waals surface area (Å²) in [6.07, 6.45) is 1.41. The van der Waals surface area contributed by atoms with Gasteiger partial charge < -0.3 is 19.9 Å². The van der Waals surface area contributed by atoms with Crippen molar-refractivity contribution >= 4 is 5.82 Å². The van der Waals surface area contributed by atoms with Gasteiger partial charge in [0.1, 0.15) is 5.82 Å². The number of methoxy groups -OCH3 is 1. The smallest absolute Gasteiger partial charge is 0.252 e. The van der Waals surface area contributed by atoms with Crippen molar-refractivity contribution in [3.8, 4) is 0 Å². The molecule has 0 amide bonds. The average molecular weight is 226 g/mol. The lowest BCUT2D eigenvalue weighted by Crippen LogP contribution is -2.31. The summed E-state index contributed by atoms with van der Waals surface area (Å²) in [5, 5.41) is 3.22. The van der Waals surface area contributed by atoms with Crippen LogP contribution in [0.5, 0.6) is 0 Å². The molecule has 0 radical (unpaired) electrons. The minimum Gasteiger partial charge on any atom is -0.383 e. The molecule has 6 heteroatoms. The lowest BCUT2D eigenvalue weighted by molar-refractivity contribution is 0.200. The minimum atomic E-state index is -0.135. The fraction of sp³-hybridized carbons (Fsp3) is 0.600. The topological polar surface area (TPSA) is 70.2 Å². The largest absolute Gasteiger partial charge is 0.383 e. The number of hydrogen-bond acceptors (Lipinski definition) is 5. The van der Waals surface area contributed by atoms with E-state index in [1.807, 2.05) is 11.9 Å². The normalized spacial score (nSPS) is 10.4. The monoisotopic (exact) mass is 226 g/mol. The summed E-state index contributed by atoms with van der Waals surface area (Å²) in [4.78, 5) is 19.5. The minimum absolute atomic E-state index is 0.135. The van der Waals surface area contributed by atoms with E-state index in [9.17, 15) is 4.79 Å². The molecule has 0 unspecified atom stereocenters. The first-order chi connectivity index (χ1) is 7.74. The molecule has 0 aromatic carbocycles. The molecule has 1 rings (SSSR count). The summed E-state index contributed by atoms with van der Waals surface area (Å²) in [6, 6.07) is 1.48. The second-order valence-corrected chi connectivity index (χ2v) is 3.43. The molecule has 0 aliphatic carbocycles. The van der Waals surface area contributed by atoms with Gasteiger partial charge in [0.2, 0.25) is 0 Å². The van der Waals surface area contributed by atoms with Crippen LogP contribution in [0.2, 0.25) is 0 Å². The van der Waals surface area contributed by atoms with E-state index in [1.54, 1.807) is 7.11 Å². The Morgan fingerprint density at radius 1 is 1.56 bits per heavy atom. The third-order valence-electron chi connectivity index (χ3n) is 2.16. The number of nitrogens with one attached hydrogen (secondary N) is 2. The van der Waals surface area contributed by atoms with E-state index >= 15 is 0 Å². The van der Waals surface area contributed by atoms with Gasteiger partial charge in [-0.3, -0.25) is 4.79 Å². The van der Waals surface area contributed by atoms with Gasteiger partial charge in [0.25, 0.3) is 5.56 Å². The Morgan fingerprint density at radius 3 is 3.06 bits per heavy atom. The highest BCUT2D eigenvalue weighted by molar-refractivity contribution is 5.34. The first-order valence-electron chi connectivity index (χ1n) is 5.19. The third kappa shape index (κ3) is 4.41. The Labute approximate surface area is 94.6 Å². The van der Waals surface area contributed by atoms with Crippen LogP contribution in [-0.2, 0) is 4.74 Å². The Kier molecular flexibility index (Phi) is 5.52. The molecule has 16 heavy (non-hydrogen) atoms. The number of nitrogens with zero attached hydrogens (tertiary/aromatic N) is 2. The molecule has 0 aliphatic heterocycles. The predicted octanol–water partition coefficient (Wildman–Crippen LogP) is -0.558. The van der Waals surface area contributed by atoms with Crippen LogP contribution in [0.4, 0.5) is 5.82 Å². The molecule has 0 saturated heterocycles. The molecule has 0 bridgehead atoms. The zero-order valence-corrected chi connectivity index (χ0v) is 9.69. The number of ether oxygens (including phenoxy) is 1. The number of anilines is 1. The van der Waals surface area contributed by atoms with Crippen molar-refractivity contribution in [2.75, 3.05) is 45.3 Å². The Hall–Kier alpha value is -1.40. The van der Waals surface area contributed by atoms with Crippen molar-refractivity contribution in [3.05, 3.63) is 22.7 Å². The fourth-order valence-corrected chi connectivity index (χ4v) is 1.23. The molecule has 0 saturated carbocycles. The van der Waals surface area contributed by atoms with Crippen molar-refractivity contribution in [2.45, 2.75) is 0 Å². The molecule has 1 aromatic rings. The highest BCUT2D eigenvalue weighted by Gasteiger charge is 2.01. The lowest BCUT2D eigenvalue weighted by atomic mass is 10.4. The van der Waals surface area contributed by atoms with Crippen LogP contribution in [-0.4, -0.2) is 50.4 Å². The number of aromatic nitrogens is 2. The van der Waals surface area contributed by atoms with Gasteiger partial charge >= 0.3 is 0 Å². The summed E-state index contributed by atoms with van der Waals surface area (Å²) >= 11 is 0. The van der Waals surface area contributed by atoms with E-state index in [4.69, 9.17) is 4.74 Å². The number of H-pyrrole nitrogens is 1. The van der Waals surface area contributed by atoms with Gasteiger partial charge in [0, 0.05) is 39.9 Å². The van der Waals surface area contributed by atoms with Gasteiger partial charge in [-0.25, -0.2) is 4.98 Å². The molecule has 0 spiro atoms. The maximum Gasteiger partial charge on any atom is 0.252 e. The standard InChI is InChI=1S/C10H18N4O2/c1-14(5-3-11-4-6-16-2)9-7-10(15)13-8-12-9/h7-8,11H,3-6H2,1-2H3,(H,12,13,15). The van der Waals surface area contributed by atoms with Crippen molar-refractivity contribution in [3.63, 3.8) is 0 Å². The van der Waals surface area contributed by atoms with E-state index < -0.39 is 0 Å². The number of likely N-dealkylation sites (N-methyl/N-ethyl adjacent to an activating group) is 1. The molecule has 0 atom stereocenters. The molecule has 2 N–H and O–H groups in total. The maximum atomic E-state index is 11.1. The summed E-state index contributed by atoms with van der Waals surface area (Å²) in [6.45, 7) is 3.15. The van der Waals surface area contributed by atoms with Crippen molar-refractivity contribution in [1.82, 2.24) is 15.3 Å². The Bertz CT molecular complexity index is 353. The SMILES string of the molecule is COCCNCCN(C)c1cc(=O)[nH]cn1. The van der Waals surface area contributed by atoms with Gasteiger partial charge in [-0.05, 0) is 0 Å². The van der Waals surface area contributed by atoms with E-state index in [-0.39, 0.29) is 5.56 Å². The third-order valence-corrected chi connectivity index (χ3v) is 2.16. The van der Waals surface area contributed by atoms with E-state index in [0.29, 0.717) is 12.4 Å². The summed E-state index contributed by atoms with van der Waals surface area (Å²) in [7, 11) is 3.58. The van der Waals surface area contributed by atoms with Gasteiger partial charge in [-0.1, -0.05) is 0 Å². The van der Waals surface area contributed by atoms with Crippen LogP contribution in [0.25, 0.3) is 0 Å². The van der Waals surface area contributed by atoms with Crippen molar-refractivity contribution < 1.29 is 4.74 Å². The van der Waals surface area contributed by atoms with Gasteiger partial charge in [0.15, 0.2) is 0 Å². The molecule has 1 heterocycles. The van der Waals surface area contributed by atoms with Crippen LogP contribution in [0.15, 0.2) is 17.2 Å². The summed E-state index contributed by atoms with van der Waals surface area (Å²) < 4.78 is 4.92. The molecule has 6 nitrogen and oxygen atoms in total. The molecule has 0 fully saturated rings. The summed E-state index contributed by atoms with van der Waals surface area (Å²) in [5.41, 5.74) is -0.135. The van der Waals surface area contributed by atoms with E-state index in [2.05, 4.69) is 15.3 Å². The number of aromatic amines is 1. The zero-order chi connectivity index (χ0) is 11.8. The lowest BCUT2D eigenvalue weighted by Gasteiger charge is -2.17. The van der Waals surface area contributed by atoms with Gasteiger partial charge in [-0.15, -0.1) is 0 Å². The second kappa shape index (κ2) is 6.97. The zero-order valence-electron chi connectivity index (χ0n) is 9.69. The van der Waals surface area contributed by atoms with Crippen LogP contribution in [0, 0.1) is 0 Å². The van der Waals surface area contributed by atoms with Gasteiger partial charge in [0.05, 0.1) is 12.9 Å². The number of hydrogen-bond donors (Lipinski definition) is 2. The second-order valence-electron chi connectivity index (χ2n) is 3.43. The molecule has 1 aromatic heterocycles. The van der Waals surface area contributed by atoms with Gasteiger partial charge in [-0.2, -0.15) is 0 Å². The Morgan fingerprint density at radius 2 is 2.38 bits per heavy atom. The van der Waals surface area contributed by atoms with Crippen molar-refractivity contribution in [1.29, 1.82) is 0 Å². The molecule has 90 valence electrons. The van der Waals surface area contributed by atoms with E-state index in [1.165, 1.54) is 12.4 Å². The van der Waals surface area contributed by atoms with Crippen LogP contribution in [0.3, 0.4) is 0 Å². The fourth-order valence-electron chi connectivity index (χ4n) is 1.23. The Balaban J connectivity index is 2.29. The van der Waals surface area contributed by atoms with Crippen LogP contribution in [0.1, 0.15) is 0 Å². The first-order valence-corrected chi connectivity index (χ1v) is 5.19. The molecule has 0 aliphatic rings. The van der Waals surface area contributed by atoms with Crippen LogP contribution >= 0.6 is 0 Å². The quantitative estimate of drug-likeness (QED) is 0.610. The van der Waals surface area contributed by atoms with Crippen LogP contribution < -0.4 is 15.8 Å². The van der Waals surface area contributed by atoms with E-state index in [0.717, 1.165) is 19.6 Å². The number of rotatable bonds is 7.